The van der Waals surface area contributed by atoms with E-state index in [0.29, 0.717) is 0 Å². The number of ether oxygens (including phenoxy) is 2. The number of aliphatic carboxylic acids is 1. The van der Waals surface area contributed by atoms with Crippen LogP contribution in [0.2, 0.25) is 0 Å². The lowest BCUT2D eigenvalue weighted by Crippen LogP contribution is -2.40. The Morgan fingerprint density at radius 1 is 1.29 bits per heavy atom. The van der Waals surface area contributed by atoms with Gasteiger partial charge in [-0.2, -0.15) is 0 Å². The van der Waals surface area contributed by atoms with Crippen LogP contribution in [0, 0.1) is 5.41 Å². The molecular formula is C18H26N2O4. The number of benzene rings is 1. The summed E-state index contributed by atoms with van der Waals surface area (Å²) in [5.74, 6) is 0.972. The molecule has 0 amide bonds. The van der Waals surface area contributed by atoms with Gasteiger partial charge in [-0.15, -0.1) is 0 Å². The van der Waals surface area contributed by atoms with Gasteiger partial charge in [0.1, 0.15) is 17.5 Å². The SMILES string of the molecule is COc1cccc(OC)c1CN1CCC2(CC1)CN[C@H](C(=O)O)C2. The van der Waals surface area contributed by atoms with Gasteiger partial charge >= 0.3 is 5.97 Å². The topological polar surface area (TPSA) is 71.0 Å². The van der Waals surface area contributed by atoms with Gasteiger partial charge in [-0.05, 0) is 49.9 Å². The van der Waals surface area contributed by atoms with Crippen LogP contribution in [0.5, 0.6) is 11.5 Å². The van der Waals surface area contributed by atoms with Crippen LogP contribution in [0.1, 0.15) is 24.8 Å². The number of nitrogens with zero attached hydrogens (tertiary/aromatic N) is 1. The summed E-state index contributed by atoms with van der Waals surface area (Å²) >= 11 is 0. The average molecular weight is 334 g/mol. The molecule has 1 spiro atoms. The molecule has 2 heterocycles. The standard InChI is InChI=1S/C18H26N2O4/c1-23-15-4-3-5-16(24-2)13(15)11-20-8-6-18(7-9-20)10-14(17(21)22)19-12-18/h3-5,14,19H,6-12H2,1-2H3,(H,21,22)/t14-/m0/s1. The molecule has 1 atom stereocenters. The third-order valence-corrected chi connectivity index (χ3v) is 5.49. The summed E-state index contributed by atoms with van der Waals surface area (Å²) in [5.41, 5.74) is 1.22. The van der Waals surface area contributed by atoms with E-state index in [1.54, 1.807) is 14.2 Å². The maximum absolute atomic E-state index is 11.2. The van der Waals surface area contributed by atoms with E-state index in [9.17, 15) is 9.90 Å². The van der Waals surface area contributed by atoms with E-state index < -0.39 is 5.97 Å². The van der Waals surface area contributed by atoms with Gasteiger partial charge in [0.15, 0.2) is 0 Å². The van der Waals surface area contributed by atoms with Crippen LogP contribution in [0.4, 0.5) is 0 Å². The minimum Gasteiger partial charge on any atom is -0.496 e. The van der Waals surface area contributed by atoms with Crippen molar-refractivity contribution < 1.29 is 19.4 Å². The smallest absolute Gasteiger partial charge is 0.320 e. The molecule has 0 aliphatic carbocycles. The van der Waals surface area contributed by atoms with E-state index in [2.05, 4.69) is 10.2 Å². The van der Waals surface area contributed by atoms with Crippen molar-refractivity contribution in [3.63, 3.8) is 0 Å². The summed E-state index contributed by atoms with van der Waals surface area (Å²) in [6, 6.07) is 5.47. The number of likely N-dealkylation sites (tertiary alicyclic amines) is 1. The summed E-state index contributed by atoms with van der Waals surface area (Å²) in [7, 11) is 3.36. The zero-order valence-corrected chi connectivity index (χ0v) is 14.4. The van der Waals surface area contributed by atoms with E-state index in [4.69, 9.17) is 9.47 Å². The van der Waals surface area contributed by atoms with Crippen molar-refractivity contribution in [2.24, 2.45) is 5.41 Å². The molecule has 132 valence electrons. The molecule has 0 unspecified atom stereocenters. The fourth-order valence-electron chi connectivity index (χ4n) is 3.97. The molecule has 0 bridgehead atoms. The third-order valence-electron chi connectivity index (χ3n) is 5.49. The lowest BCUT2D eigenvalue weighted by Gasteiger charge is -2.39. The van der Waals surface area contributed by atoms with Crippen LogP contribution in [0.15, 0.2) is 18.2 Å². The van der Waals surface area contributed by atoms with Crippen LogP contribution in [0.25, 0.3) is 0 Å². The Balaban J connectivity index is 1.63. The molecule has 6 nitrogen and oxygen atoms in total. The first-order valence-electron chi connectivity index (χ1n) is 8.45. The Bertz CT molecular complexity index is 574. The Hall–Kier alpha value is -1.79. The van der Waals surface area contributed by atoms with E-state index in [1.165, 1.54) is 0 Å². The lowest BCUT2D eigenvalue weighted by molar-refractivity contribution is -0.139. The molecule has 2 N–H and O–H groups in total. The second-order valence-electron chi connectivity index (χ2n) is 6.89. The minimum absolute atomic E-state index is 0.143. The van der Waals surface area contributed by atoms with Crippen molar-refractivity contribution in [1.82, 2.24) is 10.2 Å². The number of carboxylic acids is 1. The summed E-state index contributed by atoms with van der Waals surface area (Å²) in [6.07, 6.45) is 2.80. The molecule has 2 aliphatic rings. The first kappa shape index (κ1) is 17.0. The first-order valence-corrected chi connectivity index (χ1v) is 8.45. The Morgan fingerprint density at radius 2 is 1.92 bits per heavy atom. The number of carboxylic acid groups (broad SMARTS) is 1. The summed E-state index contributed by atoms with van der Waals surface area (Å²) in [5, 5.41) is 12.3. The second-order valence-corrected chi connectivity index (χ2v) is 6.89. The van der Waals surface area contributed by atoms with Gasteiger partial charge < -0.3 is 19.9 Å². The van der Waals surface area contributed by atoms with Crippen molar-refractivity contribution in [2.45, 2.75) is 31.8 Å². The van der Waals surface area contributed by atoms with Crippen molar-refractivity contribution in [2.75, 3.05) is 33.9 Å². The predicted octanol–water partition coefficient (Wildman–Crippen LogP) is 1.73. The van der Waals surface area contributed by atoms with Crippen molar-refractivity contribution in [1.29, 1.82) is 0 Å². The molecule has 2 saturated heterocycles. The first-order chi connectivity index (χ1) is 11.6. The normalized spacial score (nSPS) is 23.3. The fourth-order valence-corrected chi connectivity index (χ4v) is 3.97. The van der Waals surface area contributed by atoms with Gasteiger partial charge in [-0.1, -0.05) is 6.07 Å². The molecule has 2 aliphatic heterocycles. The third kappa shape index (κ3) is 3.35. The summed E-state index contributed by atoms with van der Waals surface area (Å²) in [4.78, 5) is 13.6. The van der Waals surface area contributed by atoms with E-state index in [0.717, 1.165) is 62.5 Å². The van der Waals surface area contributed by atoms with Crippen molar-refractivity contribution >= 4 is 5.97 Å². The van der Waals surface area contributed by atoms with Gasteiger partial charge in [-0.3, -0.25) is 9.69 Å². The monoisotopic (exact) mass is 334 g/mol. The Labute approximate surface area is 142 Å². The van der Waals surface area contributed by atoms with Crippen molar-refractivity contribution in [3.05, 3.63) is 23.8 Å². The molecule has 0 radical (unpaired) electrons. The minimum atomic E-state index is -0.729. The number of rotatable bonds is 5. The Kier molecular flexibility index (Phi) is 4.96. The zero-order valence-electron chi connectivity index (χ0n) is 14.4. The number of methoxy groups -OCH3 is 2. The molecule has 24 heavy (non-hydrogen) atoms. The lowest BCUT2D eigenvalue weighted by atomic mass is 9.76. The molecule has 2 fully saturated rings. The highest BCUT2D eigenvalue weighted by Gasteiger charge is 2.43. The summed E-state index contributed by atoms with van der Waals surface area (Å²) in [6.45, 7) is 3.54. The van der Waals surface area contributed by atoms with Crippen LogP contribution in [-0.4, -0.2) is 55.9 Å². The van der Waals surface area contributed by atoms with E-state index in [1.807, 2.05) is 18.2 Å². The van der Waals surface area contributed by atoms with Crippen molar-refractivity contribution in [3.8, 4) is 11.5 Å². The number of piperidine rings is 1. The molecule has 0 saturated carbocycles. The molecule has 1 aromatic carbocycles. The largest absolute Gasteiger partial charge is 0.496 e. The van der Waals surface area contributed by atoms with Crippen LogP contribution in [-0.2, 0) is 11.3 Å². The van der Waals surface area contributed by atoms with Crippen LogP contribution >= 0.6 is 0 Å². The number of hydrogen-bond acceptors (Lipinski definition) is 5. The average Bonchev–Trinajstić information content (AvgIpc) is 3.01. The maximum Gasteiger partial charge on any atom is 0.320 e. The molecule has 0 aromatic heterocycles. The van der Waals surface area contributed by atoms with Crippen LogP contribution < -0.4 is 14.8 Å². The van der Waals surface area contributed by atoms with Gasteiger partial charge in [-0.25, -0.2) is 0 Å². The van der Waals surface area contributed by atoms with Crippen LogP contribution in [0.3, 0.4) is 0 Å². The number of nitrogens with one attached hydrogen (secondary N) is 1. The Morgan fingerprint density at radius 3 is 2.42 bits per heavy atom. The quantitative estimate of drug-likeness (QED) is 0.855. The fraction of sp³-hybridized carbons (Fsp3) is 0.611. The highest BCUT2D eigenvalue weighted by molar-refractivity contribution is 5.74. The molecule has 3 rings (SSSR count). The van der Waals surface area contributed by atoms with Gasteiger partial charge in [0.2, 0.25) is 0 Å². The van der Waals surface area contributed by atoms with Gasteiger partial charge in [0, 0.05) is 13.1 Å². The second kappa shape index (κ2) is 6.99. The number of carbonyl (C=O) groups is 1. The highest BCUT2D eigenvalue weighted by Crippen LogP contribution is 2.40. The zero-order chi connectivity index (χ0) is 17.2. The number of hydrogen-bond donors (Lipinski definition) is 2. The summed E-state index contributed by atoms with van der Waals surface area (Å²) < 4.78 is 11.0. The van der Waals surface area contributed by atoms with Gasteiger partial charge in [0.05, 0.1) is 19.8 Å². The van der Waals surface area contributed by atoms with E-state index >= 15 is 0 Å². The molecule has 1 aromatic rings. The predicted molar refractivity (Wildman–Crippen MR) is 90.5 cm³/mol. The maximum atomic E-state index is 11.2. The molecular weight excluding hydrogens is 308 g/mol. The highest BCUT2D eigenvalue weighted by atomic mass is 16.5. The molecule has 6 heteroatoms. The van der Waals surface area contributed by atoms with Gasteiger partial charge in [0.25, 0.3) is 0 Å². The van der Waals surface area contributed by atoms with E-state index in [-0.39, 0.29) is 11.5 Å².